The predicted molar refractivity (Wildman–Crippen MR) is 104 cm³/mol. The van der Waals surface area contributed by atoms with Gasteiger partial charge in [0.25, 0.3) is 0 Å². The van der Waals surface area contributed by atoms with Crippen molar-refractivity contribution in [3.8, 4) is 0 Å². The highest BCUT2D eigenvalue weighted by Gasteiger charge is 2.49. The molecule has 2 aliphatic rings. The third-order valence-electron chi connectivity index (χ3n) is 6.38. The molecule has 0 amide bonds. The van der Waals surface area contributed by atoms with Gasteiger partial charge in [0.05, 0.1) is 17.7 Å². The normalized spacial score (nSPS) is 27.2. The van der Waals surface area contributed by atoms with Gasteiger partial charge < -0.3 is 5.11 Å². The summed E-state index contributed by atoms with van der Waals surface area (Å²) in [4.78, 5) is 14.5. The minimum atomic E-state index is -4.46. The molecule has 1 heterocycles. The van der Waals surface area contributed by atoms with E-state index in [1.54, 1.807) is 0 Å². The van der Waals surface area contributed by atoms with Crippen LogP contribution in [0.3, 0.4) is 0 Å². The van der Waals surface area contributed by atoms with Crippen molar-refractivity contribution in [2.24, 2.45) is 11.8 Å². The maximum Gasteiger partial charge on any atom is 0.416 e. The molecule has 3 nitrogen and oxygen atoms in total. The Bertz CT molecular complexity index is 910. The van der Waals surface area contributed by atoms with Crippen molar-refractivity contribution >= 4 is 5.78 Å². The molecule has 0 spiro atoms. The molecule has 0 aromatic heterocycles. The smallest absolute Gasteiger partial charge is 0.385 e. The molecule has 6 heteroatoms. The maximum absolute atomic E-state index is 12.9. The van der Waals surface area contributed by atoms with Crippen LogP contribution in [0.2, 0.25) is 0 Å². The van der Waals surface area contributed by atoms with Crippen molar-refractivity contribution in [2.45, 2.75) is 31.5 Å². The Morgan fingerprint density at radius 2 is 1.76 bits per heavy atom. The molecule has 0 radical (unpaired) electrons. The number of halogens is 3. The number of benzene rings is 2. The highest BCUT2D eigenvalue weighted by molar-refractivity contribution is 5.97. The van der Waals surface area contributed by atoms with Gasteiger partial charge in [0.1, 0.15) is 0 Å². The molecule has 1 saturated carbocycles. The van der Waals surface area contributed by atoms with E-state index in [2.05, 4.69) is 0 Å². The number of fused-ring (bicyclic) bond motifs is 1. The molecule has 2 aromatic carbocycles. The second-order valence-corrected chi connectivity index (χ2v) is 8.47. The van der Waals surface area contributed by atoms with Gasteiger partial charge in [-0.25, -0.2) is 0 Å². The van der Waals surface area contributed by atoms with E-state index in [0.29, 0.717) is 25.9 Å². The van der Waals surface area contributed by atoms with Gasteiger partial charge in [-0.2, -0.15) is 13.2 Å². The highest BCUT2D eigenvalue weighted by atomic mass is 19.4. The summed E-state index contributed by atoms with van der Waals surface area (Å²) in [6, 6.07) is 12.5. The SMILES string of the molecule is Cc1ccccc1C1(O)C[C@H]2CN(CC(=O)c3cccc(C(F)(F)F)c3)C[C@H]2C1. The molecule has 1 unspecified atom stereocenters. The van der Waals surface area contributed by atoms with Crippen molar-refractivity contribution in [1.82, 2.24) is 4.90 Å². The summed E-state index contributed by atoms with van der Waals surface area (Å²) in [5.41, 5.74) is 0.503. The summed E-state index contributed by atoms with van der Waals surface area (Å²) in [6.45, 7) is 3.48. The van der Waals surface area contributed by atoms with Crippen LogP contribution in [0.4, 0.5) is 13.2 Å². The Hall–Kier alpha value is -2.18. The lowest BCUT2D eigenvalue weighted by Gasteiger charge is -2.27. The van der Waals surface area contributed by atoms with E-state index in [0.717, 1.165) is 23.3 Å². The molecular weight excluding hydrogens is 379 g/mol. The number of Topliss-reactive ketones (excluding diaryl/α,β-unsaturated/α-hetero) is 1. The Balaban J connectivity index is 1.40. The zero-order chi connectivity index (χ0) is 20.8. The standard InChI is InChI=1S/C23H24F3NO2/c1-15-5-2-3-8-20(15)22(29)10-17-12-27(13-18(17)11-22)14-21(28)16-6-4-7-19(9-16)23(24,25)26/h2-9,17-18,29H,10-14H2,1H3/t17-,18+,22?. The van der Waals surface area contributed by atoms with Crippen LogP contribution in [0.25, 0.3) is 0 Å². The van der Waals surface area contributed by atoms with E-state index in [9.17, 15) is 23.1 Å². The lowest BCUT2D eigenvalue weighted by atomic mass is 9.87. The first-order valence-corrected chi connectivity index (χ1v) is 9.87. The predicted octanol–water partition coefficient (Wildman–Crippen LogP) is 4.43. The Morgan fingerprint density at radius 1 is 1.10 bits per heavy atom. The quantitative estimate of drug-likeness (QED) is 0.768. The summed E-state index contributed by atoms with van der Waals surface area (Å²) < 4.78 is 38.7. The van der Waals surface area contributed by atoms with Gasteiger partial charge in [0, 0.05) is 18.7 Å². The topological polar surface area (TPSA) is 40.5 Å². The molecule has 1 saturated heterocycles. The first-order chi connectivity index (χ1) is 13.7. The molecule has 154 valence electrons. The van der Waals surface area contributed by atoms with Crippen molar-refractivity contribution in [2.75, 3.05) is 19.6 Å². The van der Waals surface area contributed by atoms with Crippen LogP contribution < -0.4 is 0 Å². The number of rotatable bonds is 4. The number of carbonyl (C=O) groups is 1. The molecular formula is C23H24F3NO2. The summed E-state index contributed by atoms with van der Waals surface area (Å²) in [6.07, 6.45) is -3.16. The van der Waals surface area contributed by atoms with E-state index in [1.165, 1.54) is 12.1 Å². The zero-order valence-corrected chi connectivity index (χ0v) is 16.2. The first-order valence-electron chi connectivity index (χ1n) is 9.87. The fraction of sp³-hybridized carbons (Fsp3) is 0.435. The summed E-state index contributed by atoms with van der Waals surface area (Å²) in [5, 5.41) is 11.2. The van der Waals surface area contributed by atoms with Crippen LogP contribution in [0.5, 0.6) is 0 Å². The molecule has 1 aliphatic heterocycles. The van der Waals surface area contributed by atoms with Gasteiger partial charge in [-0.15, -0.1) is 0 Å². The lowest BCUT2D eigenvalue weighted by molar-refractivity contribution is -0.137. The third-order valence-corrected chi connectivity index (χ3v) is 6.38. The number of nitrogens with zero attached hydrogens (tertiary/aromatic N) is 1. The maximum atomic E-state index is 12.9. The highest BCUT2D eigenvalue weighted by Crippen LogP contribution is 2.49. The lowest BCUT2D eigenvalue weighted by Crippen LogP contribution is -2.32. The van der Waals surface area contributed by atoms with Crippen molar-refractivity contribution in [3.63, 3.8) is 0 Å². The first kappa shape index (κ1) is 20.1. The molecule has 29 heavy (non-hydrogen) atoms. The number of likely N-dealkylation sites (tertiary alicyclic amines) is 1. The fourth-order valence-electron chi connectivity index (χ4n) is 5.06. The van der Waals surface area contributed by atoms with Gasteiger partial charge in [0.15, 0.2) is 5.78 Å². The van der Waals surface area contributed by atoms with Crippen LogP contribution >= 0.6 is 0 Å². The van der Waals surface area contributed by atoms with E-state index in [1.807, 2.05) is 36.1 Å². The van der Waals surface area contributed by atoms with Crippen LogP contribution in [-0.2, 0) is 11.8 Å². The third kappa shape index (κ3) is 3.96. The summed E-state index contributed by atoms with van der Waals surface area (Å²) >= 11 is 0. The minimum absolute atomic E-state index is 0.0910. The second-order valence-electron chi connectivity index (χ2n) is 8.47. The number of alkyl halides is 3. The van der Waals surface area contributed by atoms with Crippen LogP contribution in [-0.4, -0.2) is 35.4 Å². The zero-order valence-electron chi connectivity index (χ0n) is 16.2. The number of hydrogen-bond donors (Lipinski definition) is 1. The molecule has 1 aliphatic carbocycles. The van der Waals surface area contributed by atoms with Crippen molar-refractivity contribution in [3.05, 3.63) is 70.8 Å². The van der Waals surface area contributed by atoms with Gasteiger partial charge in [0.2, 0.25) is 0 Å². The average molecular weight is 403 g/mol. The Kier molecular flexibility index (Phi) is 5.03. The summed E-state index contributed by atoms with van der Waals surface area (Å²) in [5.74, 6) is 0.271. The van der Waals surface area contributed by atoms with E-state index in [4.69, 9.17) is 0 Å². The van der Waals surface area contributed by atoms with E-state index < -0.39 is 17.3 Å². The van der Waals surface area contributed by atoms with Crippen LogP contribution in [0.1, 0.15) is 39.9 Å². The van der Waals surface area contributed by atoms with Gasteiger partial charge >= 0.3 is 6.18 Å². The second kappa shape index (κ2) is 7.26. The van der Waals surface area contributed by atoms with Gasteiger partial charge in [-0.1, -0.05) is 36.4 Å². The van der Waals surface area contributed by atoms with Gasteiger partial charge in [-0.3, -0.25) is 9.69 Å². The number of aliphatic hydroxyl groups is 1. The number of aryl methyl sites for hydroxylation is 1. The van der Waals surface area contributed by atoms with Gasteiger partial charge in [-0.05, 0) is 54.9 Å². The number of hydrogen-bond acceptors (Lipinski definition) is 3. The average Bonchev–Trinajstić information content (AvgIpc) is 3.16. The number of ketones is 1. The number of carbonyl (C=O) groups excluding carboxylic acids is 1. The molecule has 2 fully saturated rings. The Labute approximate surface area is 168 Å². The van der Waals surface area contributed by atoms with E-state index in [-0.39, 0.29) is 29.7 Å². The Morgan fingerprint density at radius 3 is 2.38 bits per heavy atom. The monoisotopic (exact) mass is 403 g/mol. The molecule has 4 rings (SSSR count). The molecule has 2 aromatic rings. The molecule has 1 N–H and O–H groups in total. The minimum Gasteiger partial charge on any atom is -0.385 e. The fourth-order valence-corrected chi connectivity index (χ4v) is 5.06. The summed E-state index contributed by atoms with van der Waals surface area (Å²) in [7, 11) is 0. The molecule has 3 atom stereocenters. The van der Waals surface area contributed by atoms with Crippen molar-refractivity contribution < 1.29 is 23.1 Å². The molecule has 0 bridgehead atoms. The van der Waals surface area contributed by atoms with E-state index >= 15 is 0 Å². The van der Waals surface area contributed by atoms with Crippen molar-refractivity contribution in [1.29, 1.82) is 0 Å². The largest absolute Gasteiger partial charge is 0.416 e. The van der Waals surface area contributed by atoms with Crippen LogP contribution in [0.15, 0.2) is 48.5 Å². The van der Waals surface area contributed by atoms with Crippen LogP contribution in [0, 0.1) is 18.8 Å².